The van der Waals surface area contributed by atoms with E-state index < -0.39 is 0 Å². The Morgan fingerprint density at radius 2 is 1.72 bits per heavy atom. The van der Waals surface area contributed by atoms with Gasteiger partial charge in [0.05, 0.1) is 6.04 Å². The molecule has 0 aliphatic carbocycles. The van der Waals surface area contributed by atoms with E-state index >= 15 is 0 Å². The standard InChI is InChI=1S/C17H17N/c1-13-8-10-16(11-9-13)18-12-17(18)14(2)15-6-4-3-5-7-15/h3-11,17H,2,12H2,1H3. The predicted octanol–water partition coefficient (Wildman–Crippen LogP) is 3.90. The Labute approximate surface area is 108 Å². The molecular formula is C17H17N. The zero-order valence-electron chi connectivity index (χ0n) is 10.6. The third-order valence-electron chi connectivity index (χ3n) is 3.52. The molecule has 1 heteroatoms. The van der Waals surface area contributed by atoms with Crippen LogP contribution in [-0.2, 0) is 0 Å². The molecule has 1 saturated heterocycles. The van der Waals surface area contributed by atoms with E-state index in [1.54, 1.807) is 0 Å². The van der Waals surface area contributed by atoms with Crippen molar-refractivity contribution in [2.75, 3.05) is 11.4 Å². The minimum Gasteiger partial charge on any atom is -0.360 e. The summed E-state index contributed by atoms with van der Waals surface area (Å²) in [7, 11) is 0. The van der Waals surface area contributed by atoms with Gasteiger partial charge in [0.25, 0.3) is 0 Å². The Morgan fingerprint density at radius 3 is 2.39 bits per heavy atom. The molecule has 0 amide bonds. The number of benzene rings is 2. The van der Waals surface area contributed by atoms with Crippen LogP contribution in [0, 0.1) is 6.92 Å². The van der Waals surface area contributed by atoms with Gasteiger partial charge < -0.3 is 4.90 Å². The Bertz CT molecular complexity index is 554. The highest BCUT2D eigenvalue weighted by Gasteiger charge is 2.36. The van der Waals surface area contributed by atoms with E-state index in [1.165, 1.54) is 22.4 Å². The molecular weight excluding hydrogens is 218 g/mol. The van der Waals surface area contributed by atoms with Crippen molar-refractivity contribution < 1.29 is 0 Å². The lowest BCUT2D eigenvalue weighted by molar-refractivity contribution is 1.27. The summed E-state index contributed by atoms with van der Waals surface area (Å²) in [4.78, 5) is 2.38. The smallest absolute Gasteiger partial charge is 0.0718 e. The van der Waals surface area contributed by atoms with Gasteiger partial charge in [0.15, 0.2) is 0 Å². The van der Waals surface area contributed by atoms with Gasteiger partial charge in [-0.05, 0) is 30.2 Å². The second-order valence-electron chi connectivity index (χ2n) is 4.89. The number of nitrogens with zero attached hydrogens (tertiary/aromatic N) is 1. The molecule has 18 heavy (non-hydrogen) atoms. The fraction of sp³-hybridized carbons (Fsp3) is 0.176. The lowest BCUT2D eigenvalue weighted by atomic mass is 10.1. The quantitative estimate of drug-likeness (QED) is 0.729. The van der Waals surface area contributed by atoms with Crippen molar-refractivity contribution in [3.63, 3.8) is 0 Å². The summed E-state index contributed by atoms with van der Waals surface area (Å²) in [5.74, 6) is 0. The minimum atomic E-state index is 0.468. The van der Waals surface area contributed by atoms with Gasteiger partial charge in [-0.15, -0.1) is 0 Å². The van der Waals surface area contributed by atoms with Crippen LogP contribution in [0.1, 0.15) is 11.1 Å². The summed E-state index contributed by atoms with van der Waals surface area (Å²) in [6.45, 7) is 7.44. The van der Waals surface area contributed by atoms with Crippen molar-refractivity contribution in [1.29, 1.82) is 0 Å². The van der Waals surface area contributed by atoms with Gasteiger partial charge in [0, 0.05) is 12.2 Å². The van der Waals surface area contributed by atoms with Gasteiger partial charge in [-0.2, -0.15) is 0 Å². The van der Waals surface area contributed by atoms with E-state index in [1.807, 2.05) is 6.07 Å². The first kappa shape index (κ1) is 11.1. The highest BCUT2D eigenvalue weighted by atomic mass is 15.3. The molecule has 2 aromatic carbocycles. The highest BCUT2D eigenvalue weighted by molar-refractivity contribution is 5.77. The summed E-state index contributed by atoms with van der Waals surface area (Å²) >= 11 is 0. The SMILES string of the molecule is C=C(c1ccccc1)C1CN1c1ccc(C)cc1. The molecule has 1 fully saturated rings. The topological polar surface area (TPSA) is 3.01 Å². The Kier molecular flexibility index (Phi) is 2.67. The molecule has 1 aliphatic heterocycles. The van der Waals surface area contributed by atoms with Crippen molar-refractivity contribution in [2.45, 2.75) is 13.0 Å². The first-order valence-electron chi connectivity index (χ1n) is 6.33. The van der Waals surface area contributed by atoms with Gasteiger partial charge in [0.1, 0.15) is 0 Å². The molecule has 0 spiro atoms. The first-order chi connectivity index (χ1) is 8.75. The van der Waals surface area contributed by atoms with Crippen LogP contribution in [0.3, 0.4) is 0 Å². The largest absolute Gasteiger partial charge is 0.360 e. The average molecular weight is 235 g/mol. The zero-order valence-corrected chi connectivity index (χ0v) is 10.6. The monoisotopic (exact) mass is 235 g/mol. The fourth-order valence-electron chi connectivity index (χ4n) is 2.30. The van der Waals surface area contributed by atoms with Crippen LogP contribution >= 0.6 is 0 Å². The summed E-state index contributed by atoms with van der Waals surface area (Å²) in [6.07, 6.45) is 0. The normalized spacial score (nSPS) is 17.6. The molecule has 3 rings (SSSR count). The van der Waals surface area contributed by atoms with Gasteiger partial charge in [-0.3, -0.25) is 0 Å². The van der Waals surface area contributed by atoms with Crippen LogP contribution in [0.2, 0.25) is 0 Å². The molecule has 1 aliphatic rings. The number of rotatable bonds is 3. The molecule has 1 unspecified atom stereocenters. The fourth-order valence-corrected chi connectivity index (χ4v) is 2.30. The van der Waals surface area contributed by atoms with Crippen molar-refractivity contribution in [2.24, 2.45) is 0 Å². The molecule has 0 bridgehead atoms. The molecule has 1 nitrogen and oxygen atoms in total. The third-order valence-corrected chi connectivity index (χ3v) is 3.52. The molecule has 0 N–H and O–H groups in total. The summed E-state index contributed by atoms with van der Waals surface area (Å²) < 4.78 is 0. The third kappa shape index (κ3) is 2.04. The second-order valence-corrected chi connectivity index (χ2v) is 4.89. The molecule has 1 atom stereocenters. The summed E-state index contributed by atoms with van der Waals surface area (Å²) in [6, 6.07) is 19.6. The van der Waals surface area contributed by atoms with Crippen molar-refractivity contribution in [1.82, 2.24) is 0 Å². The first-order valence-corrected chi connectivity index (χ1v) is 6.33. The van der Waals surface area contributed by atoms with E-state index in [0.717, 1.165) is 6.54 Å². The van der Waals surface area contributed by atoms with E-state index in [0.29, 0.717) is 6.04 Å². The molecule has 0 aromatic heterocycles. The minimum absolute atomic E-state index is 0.468. The van der Waals surface area contributed by atoms with Crippen molar-refractivity contribution in [3.05, 3.63) is 72.3 Å². The lowest BCUT2D eigenvalue weighted by Gasteiger charge is -2.08. The van der Waals surface area contributed by atoms with E-state index in [9.17, 15) is 0 Å². The summed E-state index contributed by atoms with van der Waals surface area (Å²) in [5.41, 5.74) is 5.06. The molecule has 0 saturated carbocycles. The van der Waals surface area contributed by atoms with Gasteiger partial charge in [-0.1, -0.05) is 54.6 Å². The Hall–Kier alpha value is -2.02. The number of aryl methyl sites for hydroxylation is 1. The van der Waals surface area contributed by atoms with Crippen LogP contribution in [-0.4, -0.2) is 12.6 Å². The number of hydrogen-bond acceptors (Lipinski definition) is 1. The Morgan fingerprint density at radius 1 is 1.06 bits per heavy atom. The number of anilines is 1. The zero-order chi connectivity index (χ0) is 12.5. The summed E-state index contributed by atoms with van der Waals surface area (Å²) in [5, 5.41) is 0. The van der Waals surface area contributed by atoms with E-state index in [4.69, 9.17) is 0 Å². The van der Waals surface area contributed by atoms with Crippen LogP contribution < -0.4 is 4.90 Å². The van der Waals surface area contributed by atoms with Gasteiger partial charge in [-0.25, -0.2) is 0 Å². The molecule has 1 heterocycles. The average Bonchev–Trinajstić information content (AvgIpc) is 3.20. The lowest BCUT2D eigenvalue weighted by Crippen LogP contribution is -2.01. The van der Waals surface area contributed by atoms with E-state index in [2.05, 4.69) is 66.9 Å². The second kappa shape index (κ2) is 4.34. The molecule has 90 valence electrons. The van der Waals surface area contributed by atoms with Crippen LogP contribution in [0.15, 0.2) is 61.2 Å². The van der Waals surface area contributed by atoms with Gasteiger partial charge >= 0.3 is 0 Å². The van der Waals surface area contributed by atoms with Crippen molar-refractivity contribution >= 4 is 11.3 Å². The Balaban J connectivity index is 1.75. The van der Waals surface area contributed by atoms with Crippen LogP contribution in [0.5, 0.6) is 0 Å². The highest BCUT2D eigenvalue weighted by Crippen LogP contribution is 2.35. The van der Waals surface area contributed by atoms with Gasteiger partial charge in [0.2, 0.25) is 0 Å². The van der Waals surface area contributed by atoms with Crippen LogP contribution in [0.25, 0.3) is 5.57 Å². The van der Waals surface area contributed by atoms with Crippen molar-refractivity contribution in [3.8, 4) is 0 Å². The predicted molar refractivity (Wildman–Crippen MR) is 77.8 cm³/mol. The van der Waals surface area contributed by atoms with Crippen LogP contribution in [0.4, 0.5) is 5.69 Å². The maximum absolute atomic E-state index is 4.24. The molecule has 2 aromatic rings. The maximum Gasteiger partial charge on any atom is 0.0718 e. The molecule has 0 radical (unpaired) electrons. The number of hydrogen-bond donors (Lipinski definition) is 0. The maximum atomic E-state index is 4.24. The van der Waals surface area contributed by atoms with E-state index in [-0.39, 0.29) is 0 Å².